The third-order valence-electron chi connectivity index (χ3n) is 10.4. The number of Topliss-reactive ketones (excluding diaryl/α,β-unsaturated/α-hetero) is 1. The first-order valence-electron chi connectivity index (χ1n) is 18.3. The van der Waals surface area contributed by atoms with Crippen LogP contribution in [0.1, 0.15) is 109 Å². The van der Waals surface area contributed by atoms with Gasteiger partial charge in [-0.25, -0.2) is 0 Å². The van der Waals surface area contributed by atoms with Crippen molar-refractivity contribution in [3.63, 3.8) is 0 Å². The number of benzene rings is 1. The lowest BCUT2D eigenvalue weighted by Crippen LogP contribution is -2.59. The molecule has 3 fully saturated rings. The van der Waals surface area contributed by atoms with Gasteiger partial charge in [-0.1, -0.05) is 65.5 Å². The van der Waals surface area contributed by atoms with E-state index in [4.69, 9.17) is 9.57 Å². The number of carbonyl (C=O) groups is 5. The molecule has 50 heavy (non-hydrogen) atoms. The van der Waals surface area contributed by atoms with Crippen molar-refractivity contribution in [1.29, 1.82) is 0 Å². The summed E-state index contributed by atoms with van der Waals surface area (Å²) < 4.78 is 5.68. The molecule has 4 N–H and O–H groups in total. The van der Waals surface area contributed by atoms with E-state index < -0.39 is 52.6 Å². The Balaban J connectivity index is 1.43. The first-order valence-corrected chi connectivity index (χ1v) is 18.3. The Morgan fingerprint density at radius 2 is 1.78 bits per heavy atom. The molecule has 274 valence electrons. The first kappa shape index (κ1) is 37.3. The van der Waals surface area contributed by atoms with Gasteiger partial charge in [-0.15, -0.1) is 0 Å². The van der Waals surface area contributed by atoms with Crippen LogP contribution < -0.4 is 26.2 Å². The van der Waals surface area contributed by atoms with Gasteiger partial charge in [-0.2, -0.15) is 0 Å². The number of nitrogens with zero attached hydrogens (tertiary/aromatic N) is 1. The van der Waals surface area contributed by atoms with E-state index in [0.29, 0.717) is 30.2 Å². The Kier molecular flexibility index (Phi) is 11.6. The van der Waals surface area contributed by atoms with Gasteiger partial charge in [0.2, 0.25) is 23.5 Å². The number of nitrogens with one attached hydrogen (secondary N) is 4. The van der Waals surface area contributed by atoms with E-state index >= 15 is 0 Å². The summed E-state index contributed by atoms with van der Waals surface area (Å²) in [5.74, 6) is -1.59. The average Bonchev–Trinajstić information content (AvgIpc) is 3.67. The topological polar surface area (TPSA) is 155 Å². The van der Waals surface area contributed by atoms with Gasteiger partial charge in [0.05, 0.1) is 25.4 Å². The van der Waals surface area contributed by atoms with E-state index in [-0.39, 0.29) is 31.3 Å². The maximum Gasteiger partial charge on any atom is 0.289 e. The molecule has 2 aliphatic carbocycles. The van der Waals surface area contributed by atoms with E-state index in [1.807, 2.05) is 58.9 Å². The standard InChI is InChI=1S/C38H55N5O7/c1-7-12-27(31(45)35(47)39-25-17-18-25)40-34(46)29-21-38(20-28(42-50-38)26-16-11-13-23(2)32(26)49-6)22-43(29)36(48)33(37(3,4)5)41-30(44)19-24-14-9-8-10-15-24/h11,13,16,20,24-25,27,29,33,42H,7-10,12,14-15,17-19,21-22H2,1-6H3,(H,39,47)(H,40,46)(H,41,44)/t27-,29-,33+,38+/m0/s1. The normalized spacial score (nSPS) is 23.4. The van der Waals surface area contributed by atoms with Crippen molar-refractivity contribution in [2.24, 2.45) is 11.3 Å². The molecule has 5 rings (SSSR count). The lowest BCUT2D eigenvalue weighted by atomic mass is 9.84. The quantitative estimate of drug-likeness (QED) is 0.227. The van der Waals surface area contributed by atoms with Crippen molar-refractivity contribution < 1.29 is 33.5 Å². The van der Waals surface area contributed by atoms with Crippen LogP contribution in [0.25, 0.3) is 5.70 Å². The third-order valence-corrected chi connectivity index (χ3v) is 10.4. The van der Waals surface area contributed by atoms with Crippen molar-refractivity contribution >= 4 is 35.1 Å². The first-order chi connectivity index (χ1) is 23.7. The molecule has 1 spiro atoms. The molecule has 1 aromatic rings. The lowest BCUT2D eigenvalue weighted by Gasteiger charge is -2.36. The number of para-hydroxylation sites is 1. The fourth-order valence-electron chi connectivity index (χ4n) is 7.45. The van der Waals surface area contributed by atoms with Gasteiger partial charge in [0.1, 0.15) is 23.4 Å². The molecule has 0 aromatic heterocycles. The Morgan fingerprint density at radius 3 is 2.42 bits per heavy atom. The second kappa shape index (κ2) is 15.5. The van der Waals surface area contributed by atoms with Crippen molar-refractivity contribution in [3.05, 3.63) is 35.4 Å². The smallest absolute Gasteiger partial charge is 0.289 e. The Morgan fingerprint density at radius 1 is 1.06 bits per heavy atom. The van der Waals surface area contributed by atoms with Crippen molar-refractivity contribution in [1.82, 2.24) is 26.3 Å². The van der Waals surface area contributed by atoms with Crippen molar-refractivity contribution in [2.75, 3.05) is 13.7 Å². The van der Waals surface area contributed by atoms with Crippen LogP contribution in [0.4, 0.5) is 0 Å². The summed E-state index contributed by atoms with van der Waals surface area (Å²) in [6.45, 7) is 9.51. The highest BCUT2D eigenvalue weighted by atomic mass is 16.7. The molecular formula is C38H55N5O7. The van der Waals surface area contributed by atoms with Gasteiger partial charge in [0.25, 0.3) is 5.91 Å². The highest BCUT2D eigenvalue weighted by Gasteiger charge is 2.54. The van der Waals surface area contributed by atoms with Crippen LogP contribution in [0.3, 0.4) is 0 Å². The summed E-state index contributed by atoms with van der Waals surface area (Å²) in [4.78, 5) is 75.8. The van der Waals surface area contributed by atoms with Crippen LogP contribution in [0.15, 0.2) is 24.3 Å². The summed E-state index contributed by atoms with van der Waals surface area (Å²) in [6.07, 6.45) is 10.2. The number of ether oxygens (including phenoxy) is 1. The molecule has 2 saturated carbocycles. The Bertz CT molecular complexity index is 1490. The second-order valence-corrected chi connectivity index (χ2v) is 15.7. The van der Waals surface area contributed by atoms with Gasteiger partial charge in [0, 0.05) is 24.4 Å². The van der Waals surface area contributed by atoms with Gasteiger partial charge in [-0.05, 0) is 68.1 Å². The second-order valence-electron chi connectivity index (χ2n) is 15.7. The van der Waals surface area contributed by atoms with Crippen LogP contribution in [-0.2, 0) is 28.8 Å². The zero-order valence-corrected chi connectivity index (χ0v) is 30.5. The van der Waals surface area contributed by atoms with Gasteiger partial charge in [-0.3, -0.25) is 34.3 Å². The van der Waals surface area contributed by atoms with Crippen LogP contribution in [0.2, 0.25) is 0 Å². The van der Waals surface area contributed by atoms with Gasteiger partial charge < -0.3 is 25.6 Å². The largest absolute Gasteiger partial charge is 0.496 e. The number of hydroxylamine groups is 1. The molecule has 2 heterocycles. The molecule has 4 amide bonds. The monoisotopic (exact) mass is 693 g/mol. The number of ketones is 1. The molecule has 12 nitrogen and oxygen atoms in total. The molecule has 0 radical (unpaired) electrons. The van der Waals surface area contributed by atoms with E-state index in [2.05, 4.69) is 21.4 Å². The predicted octanol–water partition coefficient (Wildman–Crippen LogP) is 3.85. The molecule has 0 bridgehead atoms. The lowest BCUT2D eigenvalue weighted by molar-refractivity contribution is -0.145. The maximum absolute atomic E-state index is 14.6. The number of amides is 4. The van der Waals surface area contributed by atoms with Gasteiger partial charge >= 0.3 is 0 Å². The molecule has 1 saturated heterocycles. The SMILES string of the molecule is CCC[C@H](NC(=O)[C@@H]1C[C@]2(C=C(c3cccc(C)c3OC)NO2)CN1C(=O)[C@@H](NC(=O)CC1CCCCC1)C(C)(C)C)C(=O)C(=O)NC1CC1. The highest BCUT2D eigenvalue weighted by Crippen LogP contribution is 2.41. The molecule has 1 aromatic carbocycles. The Hall–Kier alpha value is -3.93. The fraction of sp³-hybridized carbons (Fsp3) is 0.658. The molecule has 4 aliphatic rings. The maximum atomic E-state index is 14.6. The van der Waals surface area contributed by atoms with Crippen LogP contribution >= 0.6 is 0 Å². The van der Waals surface area contributed by atoms with Crippen LogP contribution in [0.5, 0.6) is 5.75 Å². The molecule has 4 atom stereocenters. The number of hydrogen-bond acceptors (Lipinski definition) is 8. The van der Waals surface area contributed by atoms with E-state index in [0.717, 1.165) is 49.7 Å². The molecule has 12 heteroatoms. The number of hydrogen-bond donors (Lipinski definition) is 4. The highest BCUT2D eigenvalue weighted by molar-refractivity contribution is 6.38. The molecule has 2 aliphatic heterocycles. The third kappa shape index (κ3) is 8.68. The number of methoxy groups -OCH3 is 1. The minimum absolute atomic E-state index is 0.00471. The number of aryl methyl sites for hydroxylation is 1. The summed E-state index contributed by atoms with van der Waals surface area (Å²) in [5.41, 5.74) is 3.59. The average molecular weight is 694 g/mol. The van der Waals surface area contributed by atoms with Gasteiger partial charge in [0.15, 0.2) is 0 Å². The van der Waals surface area contributed by atoms with Crippen LogP contribution in [0, 0.1) is 18.3 Å². The summed E-state index contributed by atoms with van der Waals surface area (Å²) in [6, 6.07) is 2.75. The summed E-state index contributed by atoms with van der Waals surface area (Å²) in [5, 5.41) is 8.58. The number of rotatable bonds is 13. The van der Waals surface area contributed by atoms with Crippen LogP contribution in [-0.4, -0.2) is 77.7 Å². The summed E-state index contributed by atoms with van der Waals surface area (Å²) >= 11 is 0. The van der Waals surface area contributed by atoms with Crippen molar-refractivity contribution in [3.8, 4) is 5.75 Å². The zero-order chi connectivity index (χ0) is 36.2. The Labute approximate surface area is 295 Å². The predicted molar refractivity (Wildman–Crippen MR) is 188 cm³/mol. The van der Waals surface area contributed by atoms with E-state index in [1.54, 1.807) is 7.11 Å². The van der Waals surface area contributed by atoms with E-state index in [1.165, 1.54) is 11.3 Å². The number of likely N-dealkylation sites (tertiary alicyclic amines) is 1. The molecular weight excluding hydrogens is 638 g/mol. The summed E-state index contributed by atoms with van der Waals surface area (Å²) in [7, 11) is 1.60. The minimum Gasteiger partial charge on any atom is -0.496 e. The molecule has 0 unspecified atom stereocenters. The number of carbonyl (C=O) groups excluding carboxylic acids is 5. The fourth-order valence-corrected chi connectivity index (χ4v) is 7.45. The zero-order valence-electron chi connectivity index (χ0n) is 30.5. The van der Waals surface area contributed by atoms with E-state index in [9.17, 15) is 24.0 Å². The van der Waals surface area contributed by atoms with Crippen molar-refractivity contribution in [2.45, 2.75) is 135 Å². The minimum atomic E-state index is -1.09.